The molecule has 0 radical (unpaired) electrons. The molecule has 0 bridgehead atoms. The van der Waals surface area contributed by atoms with Gasteiger partial charge in [-0.25, -0.2) is 14.2 Å². The van der Waals surface area contributed by atoms with E-state index in [-0.39, 0.29) is 30.4 Å². The number of aromatic nitrogens is 6. The molecule has 0 aliphatic carbocycles. The number of esters is 1. The number of rotatable bonds is 4. The quantitative estimate of drug-likeness (QED) is 0.126. The van der Waals surface area contributed by atoms with Gasteiger partial charge >= 0.3 is 5.97 Å². The first kappa shape index (κ1) is 45.6. The predicted octanol–water partition coefficient (Wildman–Crippen LogP) is 2.00. The SMILES string of the molecule is CO.COC(=O)c1nn(-c2cccc(C#C[C@]3(O)CCN(C)C3=O)c2)c2cnc(C)cc12.Cc1cc2c(C(N)=O)nn(-c3cccc(C#C[C@]4(O)CCN(C)C4=O)c3)c2cn1.N. The Morgan fingerprint density at radius 2 is 1.15 bits per heavy atom. The fourth-order valence-electron chi connectivity index (χ4n) is 6.78. The van der Waals surface area contributed by atoms with Crippen LogP contribution in [-0.4, -0.2) is 131 Å². The van der Waals surface area contributed by atoms with Crippen LogP contribution in [0.3, 0.4) is 0 Å². The molecule has 18 heteroatoms. The number of hydrogen-bond acceptors (Lipinski definition) is 13. The molecule has 2 aliphatic heterocycles. The number of methoxy groups -OCH3 is 1. The van der Waals surface area contributed by atoms with E-state index in [0.717, 1.165) is 18.5 Å². The summed E-state index contributed by atoms with van der Waals surface area (Å²) in [6.45, 7) is 4.59. The van der Waals surface area contributed by atoms with Crippen LogP contribution in [0.1, 0.15) is 56.3 Å². The molecule has 2 aromatic carbocycles. The van der Waals surface area contributed by atoms with E-state index < -0.39 is 34.9 Å². The van der Waals surface area contributed by atoms with Crippen molar-refractivity contribution in [3.8, 4) is 35.1 Å². The Morgan fingerprint density at radius 1 is 0.726 bits per heavy atom. The summed E-state index contributed by atoms with van der Waals surface area (Å²) in [5.41, 5.74) is 7.83. The summed E-state index contributed by atoms with van der Waals surface area (Å²) < 4.78 is 8.04. The Labute approximate surface area is 356 Å². The normalized spacial score (nSPS) is 17.8. The molecule has 2 aliphatic rings. The maximum atomic E-state index is 12.2. The third kappa shape index (κ3) is 8.99. The number of aryl methyl sites for hydroxylation is 2. The second-order valence-corrected chi connectivity index (χ2v) is 14.3. The average molecular weight is 843 g/mol. The number of carbonyl (C=O) groups is 4. The maximum Gasteiger partial charge on any atom is 0.359 e. The number of aliphatic hydroxyl groups is 3. The average Bonchev–Trinajstić information content (AvgIpc) is 3.98. The molecular formula is C44H46N10O8. The molecule has 320 valence electrons. The summed E-state index contributed by atoms with van der Waals surface area (Å²) in [5, 5.41) is 38.0. The van der Waals surface area contributed by atoms with Crippen LogP contribution in [0.25, 0.3) is 33.2 Å². The number of hydrogen-bond donors (Lipinski definition) is 5. The van der Waals surface area contributed by atoms with Crippen molar-refractivity contribution in [2.75, 3.05) is 41.4 Å². The number of nitrogens with two attached hydrogens (primary N) is 1. The van der Waals surface area contributed by atoms with E-state index in [2.05, 4.69) is 43.8 Å². The molecule has 3 amide bonds. The van der Waals surface area contributed by atoms with Crippen LogP contribution in [0, 0.1) is 37.5 Å². The van der Waals surface area contributed by atoms with Crippen molar-refractivity contribution in [1.82, 2.24) is 45.5 Å². The molecule has 4 aromatic heterocycles. The van der Waals surface area contributed by atoms with Crippen LogP contribution in [0.2, 0.25) is 0 Å². The minimum atomic E-state index is -1.66. The zero-order chi connectivity index (χ0) is 44.2. The topological polar surface area (TPSA) is 267 Å². The molecule has 6 heterocycles. The van der Waals surface area contributed by atoms with Gasteiger partial charge in [0.05, 0.1) is 41.9 Å². The van der Waals surface area contributed by atoms with E-state index >= 15 is 0 Å². The van der Waals surface area contributed by atoms with E-state index in [1.165, 1.54) is 16.9 Å². The fraction of sp³-hybridized carbons (Fsp3) is 0.273. The summed E-state index contributed by atoms with van der Waals surface area (Å²) in [6, 6.07) is 17.8. The lowest BCUT2D eigenvalue weighted by Gasteiger charge is -2.13. The Balaban J connectivity index is 0.000000222. The van der Waals surface area contributed by atoms with Crippen molar-refractivity contribution in [3.05, 3.63) is 107 Å². The number of likely N-dealkylation sites (N-methyl/N-ethyl adjacent to an activating group) is 2. The zero-order valence-electron chi connectivity index (χ0n) is 35.0. The number of amides is 3. The number of nitrogens with zero attached hydrogens (tertiary/aromatic N) is 8. The maximum absolute atomic E-state index is 12.2. The highest BCUT2D eigenvalue weighted by Gasteiger charge is 2.43. The Kier molecular flexibility index (Phi) is 13.5. The smallest absolute Gasteiger partial charge is 0.359 e. The van der Waals surface area contributed by atoms with Gasteiger partial charge in [0.1, 0.15) is 0 Å². The van der Waals surface area contributed by atoms with Gasteiger partial charge < -0.3 is 41.7 Å². The van der Waals surface area contributed by atoms with Crippen LogP contribution >= 0.6 is 0 Å². The van der Waals surface area contributed by atoms with Crippen molar-refractivity contribution in [1.29, 1.82) is 0 Å². The van der Waals surface area contributed by atoms with Gasteiger partial charge in [-0.2, -0.15) is 10.2 Å². The second kappa shape index (κ2) is 18.4. The van der Waals surface area contributed by atoms with Gasteiger partial charge in [-0.15, -0.1) is 0 Å². The lowest BCUT2D eigenvalue weighted by Crippen LogP contribution is -2.37. The molecular weight excluding hydrogens is 797 g/mol. The molecule has 0 unspecified atom stereocenters. The van der Waals surface area contributed by atoms with Crippen molar-refractivity contribution in [2.45, 2.75) is 37.9 Å². The fourth-order valence-corrected chi connectivity index (χ4v) is 6.78. The van der Waals surface area contributed by atoms with Crippen molar-refractivity contribution in [3.63, 3.8) is 0 Å². The van der Waals surface area contributed by atoms with Gasteiger partial charge in [0, 0.05) is 80.4 Å². The molecule has 8 rings (SSSR count). The Morgan fingerprint density at radius 3 is 1.53 bits per heavy atom. The number of primary amides is 1. The number of aliphatic hydroxyl groups excluding tert-OH is 1. The number of fused-ring (bicyclic) bond motifs is 2. The summed E-state index contributed by atoms with van der Waals surface area (Å²) in [6.07, 6.45) is 3.83. The molecule has 2 fully saturated rings. The standard InChI is InChI=1S/C22H20N4O4.C21H19N5O3.CH4O.H3N/c1-14-11-17-18(13-23-14)26(24-19(17)20(27)30-3)16-6-4-5-15(12-16)7-8-22(29)9-10-25(2)21(22)28;1-13-10-16-17(12-23-13)26(24-18(16)19(22)27)15-5-3-4-14(11-15)6-7-21(29)8-9-25(2)20(21)28;1-2;/h4-6,11-13,29H,9-10H2,1-3H3;3-5,10-12,29H,8-9H2,1-2H3,(H2,22,27);2H,1H3;1H3/t22-;21-;;/m00../s1. The lowest BCUT2D eigenvalue weighted by atomic mass is 10.0. The van der Waals surface area contributed by atoms with Crippen LogP contribution in [0.15, 0.2) is 73.1 Å². The van der Waals surface area contributed by atoms with Crippen LogP contribution in [0.5, 0.6) is 0 Å². The first-order valence-corrected chi connectivity index (χ1v) is 18.9. The predicted molar refractivity (Wildman–Crippen MR) is 228 cm³/mol. The van der Waals surface area contributed by atoms with Gasteiger partial charge in [-0.1, -0.05) is 35.8 Å². The molecule has 2 atom stereocenters. The number of likely N-dealkylation sites (tertiary alicyclic amines) is 2. The Bertz CT molecular complexity index is 2850. The van der Waals surface area contributed by atoms with Gasteiger partial charge in [0.2, 0.25) is 11.2 Å². The molecule has 6 aromatic rings. The van der Waals surface area contributed by atoms with Crippen molar-refractivity contribution < 1.29 is 39.2 Å². The van der Waals surface area contributed by atoms with Crippen LogP contribution < -0.4 is 11.9 Å². The minimum Gasteiger partial charge on any atom is -0.464 e. The highest BCUT2D eigenvalue weighted by Crippen LogP contribution is 2.26. The summed E-state index contributed by atoms with van der Waals surface area (Å²) in [7, 11) is 5.58. The van der Waals surface area contributed by atoms with Gasteiger partial charge in [-0.05, 0) is 62.4 Å². The molecule has 0 saturated carbocycles. The number of ether oxygens (including phenoxy) is 1. The highest BCUT2D eigenvalue weighted by atomic mass is 16.5. The first-order valence-electron chi connectivity index (χ1n) is 18.9. The number of carbonyl (C=O) groups excluding carboxylic acids is 4. The zero-order valence-corrected chi connectivity index (χ0v) is 35.0. The third-order valence-electron chi connectivity index (χ3n) is 10.0. The second-order valence-electron chi connectivity index (χ2n) is 14.3. The van der Waals surface area contributed by atoms with E-state index in [1.54, 1.807) is 84.4 Å². The summed E-state index contributed by atoms with van der Waals surface area (Å²) >= 11 is 0. The highest BCUT2D eigenvalue weighted by molar-refractivity contribution is 6.04. The summed E-state index contributed by atoms with van der Waals surface area (Å²) in [4.78, 5) is 59.7. The van der Waals surface area contributed by atoms with Crippen LogP contribution in [-0.2, 0) is 14.3 Å². The monoisotopic (exact) mass is 842 g/mol. The van der Waals surface area contributed by atoms with E-state index in [4.69, 9.17) is 15.6 Å². The third-order valence-corrected chi connectivity index (χ3v) is 10.0. The number of pyridine rings is 2. The molecule has 8 N–H and O–H groups in total. The van der Waals surface area contributed by atoms with Crippen molar-refractivity contribution >= 4 is 45.5 Å². The molecule has 18 nitrogen and oxygen atoms in total. The van der Waals surface area contributed by atoms with Crippen LogP contribution in [0.4, 0.5) is 0 Å². The summed E-state index contributed by atoms with van der Waals surface area (Å²) in [5.74, 6) is 9.23. The van der Waals surface area contributed by atoms with Gasteiger partial charge in [0.25, 0.3) is 17.7 Å². The Hall–Kier alpha value is -7.48. The van der Waals surface area contributed by atoms with Crippen molar-refractivity contribution in [2.24, 2.45) is 5.73 Å². The lowest BCUT2D eigenvalue weighted by molar-refractivity contribution is -0.138. The first-order chi connectivity index (χ1) is 29.1. The van der Waals surface area contributed by atoms with E-state index in [9.17, 15) is 29.4 Å². The van der Waals surface area contributed by atoms with Gasteiger partial charge in [0.15, 0.2) is 11.4 Å². The van der Waals surface area contributed by atoms with E-state index in [0.29, 0.717) is 57.4 Å². The molecule has 0 spiro atoms. The molecule has 62 heavy (non-hydrogen) atoms. The van der Waals surface area contributed by atoms with Gasteiger partial charge in [-0.3, -0.25) is 24.4 Å². The molecule has 2 saturated heterocycles. The number of benzene rings is 2. The van der Waals surface area contributed by atoms with E-state index in [1.807, 2.05) is 26.0 Å². The minimum absolute atomic E-state index is 0. The largest absolute Gasteiger partial charge is 0.464 e.